The highest BCUT2D eigenvalue weighted by atomic mass is 19.1. The Bertz CT molecular complexity index is 1590. The van der Waals surface area contributed by atoms with E-state index in [4.69, 9.17) is 0 Å². The summed E-state index contributed by atoms with van der Waals surface area (Å²) < 4.78 is 13.9. The van der Waals surface area contributed by atoms with Crippen molar-refractivity contribution in [3.05, 3.63) is 79.3 Å². The van der Waals surface area contributed by atoms with Gasteiger partial charge in [-0.25, -0.2) is 4.39 Å². The largest absolute Gasteiger partial charge is 0.508 e. The van der Waals surface area contributed by atoms with Gasteiger partial charge in [0, 0.05) is 46.6 Å². The Hall–Kier alpha value is -4.59. The van der Waals surface area contributed by atoms with Gasteiger partial charge in [-0.05, 0) is 42.0 Å². The molecule has 154 valence electrons. The first-order chi connectivity index (χ1) is 15.7. The third kappa shape index (κ3) is 2.97. The number of H-pyrrole nitrogens is 2. The molecule has 6 rings (SSSR count). The van der Waals surface area contributed by atoms with Gasteiger partial charge < -0.3 is 10.1 Å². The van der Waals surface area contributed by atoms with Crippen LogP contribution < -0.4 is 0 Å². The van der Waals surface area contributed by atoms with E-state index in [0.29, 0.717) is 11.1 Å². The van der Waals surface area contributed by atoms with Crippen LogP contribution in [0, 0.1) is 5.82 Å². The lowest BCUT2D eigenvalue weighted by Gasteiger charge is -2.04. The molecule has 0 saturated carbocycles. The second-order valence-electron chi connectivity index (χ2n) is 7.45. The van der Waals surface area contributed by atoms with E-state index < -0.39 is 5.82 Å². The molecular weight excluding hydrogens is 407 g/mol. The maximum Gasteiger partial charge on any atom is 0.127 e. The van der Waals surface area contributed by atoms with Crippen LogP contribution in [0.25, 0.3) is 55.6 Å². The number of pyridine rings is 3. The van der Waals surface area contributed by atoms with E-state index in [0.717, 1.165) is 50.5 Å². The summed E-state index contributed by atoms with van der Waals surface area (Å²) in [5.41, 5.74) is 6.14. The molecule has 6 aromatic rings. The van der Waals surface area contributed by atoms with Gasteiger partial charge in [0.05, 0.1) is 34.8 Å². The zero-order chi connectivity index (χ0) is 21.7. The second kappa shape index (κ2) is 6.98. The van der Waals surface area contributed by atoms with Crippen LogP contribution in [0.1, 0.15) is 0 Å². The molecule has 7 nitrogen and oxygen atoms in total. The number of nitrogens with zero attached hydrogens (tertiary/aromatic N) is 4. The number of rotatable bonds is 3. The molecule has 3 N–H and O–H groups in total. The molecule has 8 heteroatoms. The number of phenols is 1. The number of halogens is 1. The number of hydrogen-bond acceptors (Lipinski definition) is 5. The number of fused-ring (bicyclic) bond motifs is 2. The van der Waals surface area contributed by atoms with Gasteiger partial charge in [0.1, 0.15) is 17.3 Å². The van der Waals surface area contributed by atoms with Crippen molar-refractivity contribution in [2.75, 3.05) is 0 Å². The maximum absolute atomic E-state index is 13.9. The molecule has 0 radical (unpaired) electrons. The fourth-order valence-electron chi connectivity index (χ4n) is 3.94. The smallest absolute Gasteiger partial charge is 0.127 e. The van der Waals surface area contributed by atoms with Gasteiger partial charge in [-0.1, -0.05) is 0 Å². The third-order valence-corrected chi connectivity index (χ3v) is 5.42. The SMILES string of the molecule is Oc1cc(F)cc(-c2cncc3[nH]c(-c4n[nH]c5cnc(-c6ccncc6)cc45)cc23)c1. The highest BCUT2D eigenvalue weighted by molar-refractivity contribution is 6.01. The van der Waals surface area contributed by atoms with E-state index in [1.807, 2.05) is 24.3 Å². The van der Waals surface area contributed by atoms with Gasteiger partial charge in [-0.2, -0.15) is 5.10 Å². The third-order valence-electron chi connectivity index (χ3n) is 5.42. The van der Waals surface area contributed by atoms with Crippen molar-refractivity contribution in [3.63, 3.8) is 0 Å². The van der Waals surface area contributed by atoms with Crippen molar-refractivity contribution in [3.8, 4) is 39.5 Å². The number of aromatic amines is 2. The highest BCUT2D eigenvalue weighted by Crippen LogP contribution is 2.35. The van der Waals surface area contributed by atoms with Gasteiger partial charge in [0.2, 0.25) is 0 Å². The van der Waals surface area contributed by atoms with E-state index in [1.54, 1.807) is 31.0 Å². The summed E-state index contributed by atoms with van der Waals surface area (Å²) >= 11 is 0. The fourth-order valence-corrected chi connectivity index (χ4v) is 3.94. The molecule has 0 spiro atoms. The van der Waals surface area contributed by atoms with E-state index in [2.05, 4.69) is 30.1 Å². The summed E-state index contributed by atoms with van der Waals surface area (Å²) in [7, 11) is 0. The fraction of sp³-hybridized carbons (Fsp3) is 0. The van der Waals surface area contributed by atoms with E-state index in [9.17, 15) is 9.50 Å². The predicted molar refractivity (Wildman–Crippen MR) is 119 cm³/mol. The van der Waals surface area contributed by atoms with Gasteiger partial charge in [-0.3, -0.25) is 20.1 Å². The Morgan fingerprint density at radius 3 is 2.53 bits per heavy atom. The average molecular weight is 422 g/mol. The first-order valence-electron chi connectivity index (χ1n) is 9.87. The molecule has 0 bridgehead atoms. The second-order valence-corrected chi connectivity index (χ2v) is 7.45. The molecule has 1 aromatic carbocycles. The van der Waals surface area contributed by atoms with Crippen molar-refractivity contribution in [1.82, 2.24) is 30.1 Å². The number of benzene rings is 1. The van der Waals surface area contributed by atoms with E-state index >= 15 is 0 Å². The Morgan fingerprint density at radius 2 is 1.69 bits per heavy atom. The monoisotopic (exact) mass is 422 g/mol. The van der Waals surface area contributed by atoms with Crippen LogP contribution in [-0.2, 0) is 0 Å². The van der Waals surface area contributed by atoms with E-state index in [-0.39, 0.29) is 5.75 Å². The number of phenolic OH excluding ortho intramolecular Hbond substituents is 1. The zero-order valence-corrected chi connectivity index (χ0v) is 16.5. The predicted octanol–water partition coefficient (Wildman–Crippen LogP) is 5.07. The van der Waals surface area contributed by atoms with Crippen molar-refractivity contribution >= 4 is 21.8 Å². The van der Waals surface area contributed by atoms with Crippen LogP contribution in [-0.4, -0.2) is 35.2 Å². The van der Waals surface area contributed by atoms with Crippen molar-refractivity contribution in [2.45, 2.75) is 0 Å². The lowest BCUT2D eigenvalue weighted by molar-refractivity contribution is 0.469. The van der Waals surface area contributed by atoms with Crippen LogP contribution in [0.5, 0.6) is 5.75 Å². The Kier molecular flexibility index (Phi) is 3.97. The van der Waals surface area contributed by atoms with Crippen LogP contribution >= 0.6 is 0 Å². The number of hydrogen-bond donors (Lipinski definition) is 3. The van der Waals surface area contributed by atoms with E-state index in [1.165, 1.54) is 12.1 Å². The number of aromatic nitrogens is 6. The Morgan fingerprint density at radius 1 is 0.812 bits per heavy atom. The standard InChI is InChI=1S/C24H15FN6O/c25-15-5-14(6-16(32)7-15)19-10-27-11-22-17(19)8-21(29-22)24-18-9-20(13-1-3-26-4-2-13)28-12-23(18)30-31-24/h1-12,29,32H,(H,30,31). The summed E-state index contributed by atoms with van der Waals surface area (Å²) in [6.07, 6.45) is 8.58. The Balaban J connectivity index is 1.52. The number of aromatic hydroxyl groups is 1. The highest BCUT2D eigenvalue weighted by Gasteiger charge is 2.15. The van der Waals surface area contributed by atoms with Gasteiger partial charge in [0.15, 0.2) is 0 Å². The molecular formula is C24H15FN6O. The molecule has 0 aliphatic heterocycles. The topological polar surface area (TPSA) is 103 Å². The molecule has 0 aliphatic rings. The molecule has 0 unspecified atom stereocenters. The van der Waals surface area contributed by atoms with Gasteiger partial charge in [-0.15, -0.1) is 0 Å². The van der Waals surface area contributed by atoms with Gasteiger partial charge >= 0.3 is 0 Å². The summed E-state index contributed by atoms with van der Waals surface area (Å²) in [5, 5.41) is 19.1. The first kappa shape index (κ1) is 18.2. The average Bonchev–Trinajstić information content (AvgIpc) is 3.42. The number of nitrogens with one attached hydrogen (secondary N) is 2. The van der Waals surface area contributed by atoms with Crippen LogP contribution in [0.4, 0.5) is 4.39 Å². The lowest BCUT2D eigenvalue weighted by Crippen LogP contribution is -1.84. The maximum atomic E-state index is 13.9. The molecule has 32 heavy (non-hydrogen) atoms. The van der Waals surface area contributed by atoms with Crippen molar-refractivity contribution in [2.24, 2.45) is 0 Å². The lowest BCUT2D eigenvalue weighted by atomic mass is 10.0. The van der Waals surface area contributed by atoms with Gasteiger partial charge in [0.25, 0.3) is 0 Å². The molecule has 0 fully saturated rings. The van der Waals surface area contributed by atoms with Crippen LogP contribution in [0.15, 0.2) is 73.4 Å². The summed E-state index contributed by atoms with van der Waals surface area (Å²) in [6, 6.07) is 11.7. The summed E-state index contributed by atoms with van der Waals surface area (Å²) in [4.78, 5) is 16.2. The minimum absolute atomic E-state index is 0.137. The quantitative estimate of drug-likeness (QED) is 0.369. The summed E-state index contributed by atoms with van der Waals surface area (Å²) in [5.74, 6) is -0.649. The molecule has 0 saturated heterocycles. The molecule has 5 aromatic heterocycles. The molecule has 0 aliphatic carbocycles. The Labute approximate surface area is 180 Å². The normalized spacial score (nSPS) is 11.4. The molecule has 0 atom stereocenters. The zero-order valence-electron chi connectivity index (χ0n) is 16.5. The van der Waals surface area contributed by atoms with Crippen molar-refractivity contribution in [1.29, 1.82) is 0 Å². The molecule has 5 heterocycles. The van der Waals surface area contributed by atoms with Crippen LogP contribution in [0.3, 0.4) is 0 Å². The van der Waals surface area contributed by atoms with Crippen molar-refractivity contribution < 1.29 is 9.50 Å². The summed E-state index contributed by atoms with van der Waals surface area (Å²) in [6.45, 7) is 0. The minimum atomic E-state index is -0.512. The molecule has 0 amide bonds. The van der Waals surface area contributed by atoms with Crippen LogP contribution in [0.2, 0.25) is 0 Å². The first-order valence-corrected chi connectivity index (χ1v) is 9.87. The minimum Gasteiger partial charge on any atom is -0.508 e.